The lowest BCUT2D eigenvalue weighted by atomic mass is 9.77. The first-order valence-electron chi connectivity index (χ1n) is 13.2. The van der Waals surface area contributed by atoms with Gasteiger partial charge in [0.15, 0.2) is 0 Å². The van der Waals surface area contributed by atoms with Gasteiger partial charge in [0.25, 0.3) is 0 Å². The van der Waals surface area contributed by atoms with Gasteiger partial charge in [-0.2, -0.15) is 0 Å². The molecule has 0 N–H and O–H groups in total. The summed E-state index contributed by atoms with van der Waals surface area (Å²) in [4.78, 5) is 0. The minimum absolute atomic E-state index is 0.148. The van der Waals surface area contributed by atoms with Crippen molar-refractivity contribution in [3.8, 4) is 16.9 Å². The van der Waals surface area contributed by atoms with Crippen LogP contribution >= 0.6 is 0 Å². The molecule has 1 fully saturated rings. The van der Waals surface area contributed by atoms with Crippen molar-refractivity contribution in [1.82, 2.24) is 0 Å². The zero-order valence-corrected chi connectivity index (χ0v) is 20.7. The molecule has 4 rings (SSSR count). The third kappa shape index (κ3) is 6.29. The van der Waals surface area contributed by atoms with Crippen molar-refractivity contribution in [3.63, 3.8) is 0 Å². The van der Waals surface area contributed by atoms with E-state index in [0.29, 0.717) is 17.6 Å². The highest BCUT2D eigenvalue weighted by Crippen LogP contribution is 2.35. The van der Waals surface area contributed by atoms with Crippen molar-refractivity contribution in [2.45, 2.75) is 71.1 Å². The lowest BCUT2D eigenvalue weighted by Gasteiger charge is -2.28. The number of ether oxygens (including phenoxy) is 1. The second-order valence-electron chi connectivity index (χ2n) is 10.0. The molecule has 1 aliphatic carbocycles. The number of benzene rings is 3. The number of halogens is 1. The van der Waals surface area contributed by atoms with Gasteiger partial charge in [-0.25, -0.2) is 4.39 Å². The van der Waals surface area contributed by atoms with Crippen molar-refractivity contribution < 1.29 is 9.13 Å². The van der Waals surface area contributed by atoms with E-state index >= 15 is 4.39 Å². The smallest absolute Gasteiger partial charge is 0.138 e. The summed E-state index contributed by atoms with van der Waals surface area (Å²) in [5.41, 5.74) is 2.82. The van der Waals surface area contributed by atoms with Gasteiger partial charge in [-0.3, -0.25) is 0 Å². The van der Waals surface area contributed by atoms with Crippen LogP contribution < -0.4 is 4.74 Å². The van der Waals surface area contributed by atoms with Gasteiger partial charge in [-0.05, 0) is 53.3 Å². The lowest BCUT2D eigenvalue weighted by molar-refractivity contribution is 0.249. The first kappa shape index (κ1) is 24.5. The third-order valence-electron chi connectivity index (χ3n) is 7.58. The molecule has 180 valence electrons. The maximum absolute atomic E-state index is 15.4. The van der Waals surface area contributed by atoms with Crippen LogP contribution in [0.3, 0.4) is 0 Å². The van der Waals surface area contributed by atoms with Gasteiger partial charge in [0.05, 0.1) is 0 Å². The first-order valence-corrected chi connectivity index (χ1v) is 13.2. The van der Waals surface area contributed by atoms with E-state index in [9.17, 15) is 0 Å². The zero-order chi connectivity index (χ0) is 23.8. The summed E-state index contributed by atoms with van der Waals surface area (Å²) in [6, 6.07) is 17.8. The van der Waals surface area contributed by atoms with Crippen LogP contribution in [0.1, 0.15) is 70.3 Å². The molecule has 1 saturated carbocycles. The van der Waals surface area contributed by atoms with E-state index in [2.05, 4.69) is 31.7 Å². The lowest BCUT2D eigenvalue weighted by Crippen LogP contribution is -2.15. The molecule has 0 aliphatic heterocycles. The summed E-state index contributed by atoms with van der Waals surface area (Å²) < 4.78 is 20.9. The van der Waals surface area contributed by atoms with E-state index in [1.165, 1.54) is 63.4 Å². The summed E-state index contributed by atoms with van der Waals surface area (Å²) in [5.74, 6) is 2.44. The number of aryl methyl sites for hydroxylation is 1. The van der Waals surface area contributed by atoms with E-state index in [0.717, 1.165) is 35.0 Å². The highest BCUT2D eigenvalue weighted by atomic mass is 19.1. The van der Waals surface area contributed by atoms with Crippen molar-refractivity contribution in [2.24, 2.45) is 11.8 Å². The highest BCUT2D eigenvalue weighted by molar-refractivity contribution is 5.88. The number of hydrogen-bond acceptors (Lipinski definition) is 1. The first-order chi connectivity index (χ1) is 16.7. The Morgan fingerprint density at radius 2 is 1.65 bits per heavy atom. The molecule has 0 unspecified atom stereocenters. The molecule has 0 amide bonds. The summed E-state index contributed by atoms with van der Waals surface area (Å²) in [6.45, 7) is 6.42. The van der Waals surface area contributed by atoms with E-state index in [-0.39, 0.29) is 5.82 Å². The van der Waals surface area contributed by atoms with Gasteiger partial charge >= 0.3 is 0 Å². The molecule has 3 aromatic carbocycles. The minimum atomic E-state index is -0.148. The van der Waals surface area contributed by atoms with Gasteiger partial charge in [-0.15, -0.1) is 0 Å². The normalized spacial score (nSPS) is 18.2. The van der Waals surface area contributed by atoms with E-state index in [1.807, 2.05) is 36.4 Å². The summed E-state index contributed by atoms with van der Waals surface area (Å²) in [6.07, 6.45) is 15.2. The number of hydrogen-bond donors (Lipinski definition) is 0. The molecular weight excluding hydrogens is 419 g/mol. The molecule has 1 nitrogen and oxygen atoms in total. The average molecular weight is 459 g/mol. The van der Waals surface area contributed by atoms with E-state index < -0.39 is 0 Å². The molecule has 0 atom stereocenters. The largest absolute Gasteiger partial charge is 0.490 e. The maximum atomic E-state index is 15.4. The topological polar surface area (TPSA) is 9.23 Å². The van der Waals surface area contributed by atoms with Crippen molar-refractivity contribution in [1.29, 1.82) is 0 Å². The molecule has 3 aromatic rings. The fraction of sp³-hybridized carbons (Fsp3) is 0.438. The van der Waals surface area contributed by atoms with Crippen LogP contribution in [0.4, 0.5) is 4.39 Å². The van der Waals surface area contributed by atoms with Crippen LogP contribution in [0.5, 0.6) is 5.75 Å². The van der Waals surface area contributed by atoms with Crippen LogP contribution in [0.25, 0.3) is 21.9 Å². The summed E-state index contributed by atoms with van der Waals surface area (Å²) in [5, 5.41) is 1.69. The predicted molar refractivity (Wildman–Crippen MR) is 143 cm³/mol. The Labute approximate surface area is 205 Å². The van der Waals surface area contributed by atoms with Crippen LogP contribution in [-0.4, -0.2) is 6.61 Å². The summed E-state index contributed by atoms with van der Waals surface area (Å²) in [7, 11) is 0. The SMILES string of the molecule is C=CCOc1ccc(-c2ccc3cc(CC[C@H]4CC[C@H](CCCCC)CC4)ccc3c2F)cc1. The van der Waals surface area contributed by atoms with Gasteiger partial charge in [0.2, 0.25) is 0 Å². The third-order valence-corrected chi connectivity index (χ3v) is 7.58. The second-order valence-corrected chi connectivity index (χ2v) is 10.0. The molecule has 0 aromatic heterocycles. The molecule has 0 radical (unpaired) electrons. The van der Waals surface area contributed by atoms with Crippen LogP contribution in [-0.2, 0) is 6.42 Å². The van der Waals surface area contributed by atoms with Crippen molar-refractivity contribution >= 4 is 10.8 Å². The Balaban J connectivity index is 1.36. The van der Waals surface area contributed by atoms with Crippen molar-refractivity contribution in [3.05, 3.63) is 78.6 Å². The highest BCUT2D eigenvalue weighted by Gasteiger charge is 2.20. The monoisotopic (exact) mass is 458 g/mol. The Hall–Kier alpha value is -2.61. The quantitative estimate of drug-likeness (QED) is 0.205. The molecule has 0 heterocycles. The van der Waals surface area contributed by atoms with Gasteiger partial charge < -0.3 is 4.74 Å². The van der Waals surface area contributed by atoms with Crippen LogP contribution in [0, 0.1) is 17.7 Å². The molecular formula is C32H39FO. The summed E-state index contributed by atoms with van der Waals surface area (Å²) >= 11 is 0. The number of fused-ring (bicyclic) bond motifs is 1. The molecule has 0 bridgehead atoms. The van der Waals surface area contributed by atoms with Gasteiger partial charge in [-0.1, -0.05) is 113 Å². The Morgan fingerprint density at radius 1 is 0.912 bits per heavy atom. The standard InChI is InChI=1S/C32H39FO/c1-3-5-6-7-24-8-10-25(11-9-24)12-13-26-14-20-31-28(23-26)17-21-30(32(31)33)27-15-18-29(19-16-27)34-22-4-2/h4,14-21,23-25H,2-3,5-13,22H2,1H3/t24-,25-. The Morgan fingerprint density at radius 3 is 2.35 bits per heavy atom. The second kappa shape index (κ2) is 12.2. The molecule has 0 spiro atoms. The fourth-order valence-electron chi connectivity index (χ4n) is 5.47. The van der Waals surface area contributed by atoms with E-state index in [4.69, 9.17) is 4.74 Å². The number of rotatable bonds is 11. The molecule has 2 heteroatoms. The van der Waals surface area contributed by atoms with Crippen LogP contribution in [0.2, 0.25) is 0 Å². The van der Waals surface area contributed by atoms with Gasteiger partial charge in [0.1, 0.15) is 18.2 Å². The maximum Gasteiger partial charge on any atom is 0.138 e. The fourth-order valence-corrected chi connectivity index (χ4v) is 5.47. The van der Waals surface area contributed by atoms with Crippen molar-refractivity contribution in [2.75, 3.05) is 6.61 Å². The minimum Gasteiger partial charge on any atom is -0.490 e. The van der Waals surface area contributed by atoms with Gasteiger partial charge in [0, 0.05) is 10.9 Å². The Bertz CT molecular complexity index is 1060. The number of unbranched alkanes of at least 4 members (excludes halogenated alkanes) is 2. The predicted octanol–water partition coefficient (Wildman–Crippen LogP) is 9.53. The van der Waals surface area contributed by atoms with E-state index in [1.54, 1.807) is 6.08 Å². The molecule has 0 saturated heterocycles. The zero-order valence-electron chi connectivity index (χ0n) is 20.7. The Kier molecular flexibility index (Phi) is 8.79. The molecule has 1 aliphatic rings. The molecule has 34 heavy (non-hydrogen) atoms. The average Bonchev–Trinajstić information content (AvgIpc) is 2.88. The van der Waals surface area contributed by atoms with Crippen LogP contribution in [0.15, 0.2) is 67.3 Å².